The molecule has 0 fully saturated rings. The summed E-state index contributed by atoms with van der Waals surface area (Å²) >= 11 is 1.90. The summed E-state index contributed by atoms with van der Waals surface area (Å²) in [6.45, 7) is 15.6. The topological polar surface area (TPSA) is 30.2 Å². The maximum Gasteiger partial charge on any atom is 0.157 e. The van der Waals surface area contributed by atoms with E-state index in [0.29, 0.717) is 0 Å². The van der Waals surface area contributed by atoms with E-state index < -0.39 is 0 Å². The lowest BCUT2D eigenvalue weighted by molar-refractivity contribution is 0.597. The second-order valence-corrected chi connectivity index (χ2v) is 10.7. The maximum atomic E-state index is 5.01. The van der Waals surface area contributed by atoms with E-state index >= 15 is 0 Å². The highest BCUT2D eigenvalue weighted by atomic mass is 32.1. The lowest BCUT2D eigenvalue weighted by Gasteiger charge is -2.19. The van der Waals surface area contributed by atoms with Crippen molar-refractivity contribution < 1.29 is 0 Å². The highest BCUT2D eigenvalue weighted by molar-refractivity contribution is 7.19. The number of imidazole rings is 1. The van der Waals surface area contributed by atoms with Gasteiger partial charge in [0.1, 0.15) is 0 Å². The minimum atomic E-state index is 0.115. The van der Waals surface area contributed by atoms with Crippen LogP contribution in [0.25, 0.3) is 27.0 Å². The average molecular weight is 420 g/mol. The standard InChI is InChI=1S/C26H33N3S/c1-8-9-10-12-19-15-16(2)28-29-23(17(3)27-25(19)29)22-18(4)30-24-20(22)13-11-14-21(24)26(5,6)7/h11,13-15H,8-10,12H2,1-7H3. The van der Waals surface area contributed by atoms with Crippen LogP contribution in [0, 0.1) is 20.8 Å². The molecule has 30 heavy (non-hydrogen) atoms. The van der Waals surface area contributed by atoms with E-state index in [9.17, 15) is 0 Å². The van der Waals surface area contributed by atoms with Gasteiger partial charge in [-0.25, -0.2) is 9.50 Å². The second kappa shape index (κ2) is 7.81. The Morgan fingerprint density at radius 2 is 1.83 bits per heavy atom. The Labute approximate surface area is 184 Å². The number of rotatable bonds is 5. The monoisotopic (exact) mass is 419 g/mol. The zero-order valence-electron chi connectivity index (χ0n) is 19.4. The Hall–Kier alpha value is -2.20. The average Bonchev–Trinajstić information content (AvgIpc) is 3.16. The predicted octanol–water partition coefficient (Wildman–Crippen LogP) is 7.57. The van der Waals surface area contributed by atoms with Crippen molar-refractivity contribution in [3.63, 3.8) is 0 Å². The quantitative estimate of drug-likeness (QED) is 0.312. The zero-order chi connectivity index (χ0) is 21.6. The van der Waals surface area contributed by atoms with Crippen LogP contribution in [0.15, 0.2) is 24.3 Å². The van der Waals surface area contributed by atoms with Crippen LogP contribution in [0.2, 0.25) is 0 Å². The van der Waals surface area contributed by atoms with E-state index in [1.807, 2.05) is 11.3 Å². The highest BCUT2D eigenvalue weighted by Gasteiger charge is 2.24. The van der Waals surface area contributed by atoms with Gasteiger partial charge in [0.25, 0.3) is 0 Å². The summed E-state index contributed by atoms with van der Waals surface area (Å²) in [7, 11) is 0. The van der Waals surface area contributed by atoms with Gasteiger partial charge in [-0.15, -0.1) is 11.3 Å². The molecule has 0 unspecified atom stereocenters. The molecule has 0 N–H and O–H groups in total. The molecule has 0 bridgehead atoms. The molecule has 3 heterocycles. The Morgan fingerprint density at radius 1 is 1.07 bits per heavy atom. The van der Waals surface area contributed by atoms with E-state index in [1.54, 1.807) is 0 Å². The van der Waals surface area contributed by atoms with Gasteiger partial charge in [-0.1, -0.05) is 58.7 Å². The number of hydrogen-bond donors (Lipinski definition) is 0. The van der Waals surface area contributed by atoms with Crippen LogP contribution in [-0.4, -0.2) is 14.6 Å². The molecule has 0 saturated heterocycles. The predicted molar refractivity (Wildman–Crippen MR) is 130 cm³/mol. The molecule has 4 rings (SSSR count). The SMILES string of the molecule is CCCCCc1cc(C)nn2c(-c3c(C)sc4c(C(C)(C)C)cccc34)c(C)nc12. The number of nitrogens with zero attached hydrogens (tertiary/aromatic N) is 3. The normalized spacial score (nSPS) is 12.4. The lowest BCUT2D eigenvalue weighted by atomic mass is 9.86. The van der Waals surface area contributed by atoms with Gasteiger partial charge in [0, 0.05) is 20.5 Å². The van der Waals surface area contributed by atoms with Crippen molar-refractivity contribution in [2.45, 2.75) is 79.6 Å². The van der Waals surface area contributed by atoms with Gasteiger partial charge >= 0.3 is 0 Å². The lowest BCUT2D eigenvalue weighted by Crippen LogP contribution is -2.10. The molecule has 0 aliphatic rings. The third kappa shape index (κ3) is 3.56. The second-order valence-electron chi connectivity index (χ2n) is 9.51. The van der Waals surface area contributed by atoms with Crippen LogP contribution in [0.5, 0.6) is 0 Å². The molecular weight excluding hydrogens is 386 g/mol. The van der Waals surface area contributed by atoms with E-state index in [2.05, 4.69) is 77.2 Å². The third-order valence-electron chi connectivity index (χ3n) is 5.94. The molecule has 4 heteroatoms. The molecule has 158 valence electrons. The van der Waals surface area contributed by atoms with E-state index in [0.717, 1.165) is 29.1 Å². The van der Waals surface area contributed by atoms with Crippen molar-refractivity contribution >= 4 is 27.1 Å². The van der Waals surface area contributed by atoms with Gasteiger partial charge < -0.3 is 0 Å². The van der Waals surface area contributed by atoms with E-state index in [4.69, 9.17) is 10.1 Å². The van der Waals surface area contributed by atoms with Crippen molar-refractivity contribution in [2.24, 2.45) is 0 Å². The van der Waals surface area contributed by atoms with Gasteiger partial charge in [0.05, 0.1) is 17.1 Å². The fourth-order valence-electron chi connectivity index (χ4n) is 4.49. The van der Waals surface area contributed by atoms with Gasteiger partial charge in [0.15, 0.2) is 5.65 Å². The number of thiophene rings is 1. The Balaban J connectivity index is 1.98. The summed E-state index contributed by atoms with van der Waals surface area (Å²) in [5, 5.41) is 6.24. The zero-order valence-corrected chi connectivity index (χ0v) is 20.2. The number of aryl methyl sites for hydroxylation is 4. The number of unbranched alkanes of at least 4 members (excludes halogenated alkanes) is 2. The van der Waals surface area contributed by atoms with Gasteiger partial charge in [-0.3, -0.25) is 0 Å². The van der Waals surface area contributed by atoms with Crippen molar-refractivity contribution in [3.05, 3.63) is 51.7 Å². The number of hydrogen-bond acceptors (Lipinski definition) is 3. The Bertz CT molecular complexity index is 1220. The first kappa shape index (κ1) is 21.0. The maximum absolute atomic E-state index is 5.01. The molecule has 0 atom stereocenters. The van der Waals surface area contributed by atoms with E-state index in [1.165, 1.54) is 50.9 Å². The molecule has 3 nitrogen and oxygen atoms in total. The molecule has 0 spiro atoms. The van der Waals surface area contributed by atoms with Gasteiger partial charge in [0.2, 0.25) is 0 Å². The number of fused-ring (bicyclic) bond motifs is 2. The van der Waals surface area contributed by atoms with Gasteiger partial charge in [-0.2, -0.15) is 5.10 Å². The fourth-order valence-corrected chi connectivity index (χ4v) is 5.86. The first-order chi connectivity index (χ1) is 14.2. The summed E-state index contributed by atoms with van der Waals surface area (Å²) in [4.78, 5) is 6.35. The first-order valence-corrected chi connectivity index (χ1v) is 11.9. The summed E-state index contributed by atoms with van der Waals surface area (Å²) in [6, 6.07) is 8.96. The summed E-state index contributed by atoms with van der Waals surface area (Å²) in [6.07, 6.45) is 4.75. The van der Waals surface area contributed by atoms with Crippen LogP contribution >= 0.6 is 11.3 Å². The minimum Gasteiger partial charge on any atom is -0.231 e. The highest BCUT2D eigenvalue weighted by Crippen LogP contribution is 2.43. The molecule has 0 aliphatic heterocycles. The Morgan fingerprint density at radius 3 is 2.53 bits per heavy atom. The van der Waals surface area contributed by atoms with E-state index in [-0.39, 0.29) is 5.41 Å². The molecule has 0 saturated carbocycles. The van der Waals surface area contributed by atoms with Crippen LogP contribution in [0.3, 0.4) is 0 Å². The number of aromatic nitrogens is 3. The largest absolute Gasteiger partial charge is 0.231 e. The van der Waals surface area contributed by atoms with Crippen molar-refractivity contribution in [3.8, 4) is 11.3 Å². The van der Waals surface area contributed by atoms with Crippen LogP contribution in [0.4, 0.5) is 0 Å². The van der Waals surface area contributed by atoms with Crippen LogP contribution in [-0.2, 0) is 11.8 Å². The first-order valence-electron chi connectivity index (χ1n) is 11.1. The molecular formula is C26H33N3S. The van der Waals surface area contributed by atoms with Crippen molar-refractivity contribution in [1.29, 1.82) is 0 Å². The van der Waals surface area contributed by atoms with Gasteiger partial charge in [-0.05, 0) is 56.2 Å². The van der Waals surface area contributed by atoms with Crippen LogP contribution < -0.4 is 0 Å². The van der Waals surface area contributed by atoms with Crippen molar-refractivity contribution in [2.75, 3.05) is 0 Å². The molecule has 0 aliphatic carbocycles. The molecule has 4 aromatic rings. The summed E-state index contributed by atoms with van der Waals surface area (Å²) < 4.78 is 3.51. The smallest absolute Gasteiger partial charge is 0.157 e. The minimum absolute atomic E-state index is 0.115. The number of benzene rings is 1. The summed E-state index contributed by atoms with van der Waals surface area (Å²) in [5.41, 5.74) is 8.44. The molecule has 0 radical (unpaired) electrons. The molecule has 1 aromatic carbocycles. The summed E-state index contributed by atoms with van der Waals surface area (Å²) in [5.74, 6) is 0. The van der Waals surface area contributed by atoms with Crippen LogP contribution in [0.1, 0.15) is 74.3 Å². The molecule has 0 amide bonds. The Kier molecular flexibility index (Phi) is 5.48. The molecule has 3 aromatic heterocycles. The van der Waals surface area contributed by atoms with Crippen molar-refractivity contribution in [1.82, 2.24) is 14.6 Å². The third-order valence-corrected chi connectivity index (χ3v) is 7.10. The fraction of sp³-hybridized carbons (Fsp3) is 0.462.